The number of aromatic nitrogens is 2. The van der Waals surface area contributed by atoms with Crippen molar-refractivity contribution < 1.29 is 9.47 Å². The number of ether oxygens (including phenoxy) is 2. The average molecular weight is 312 g/mol. The lowest BCUT2D eigenvalue weighted by molar-refractivity contribution is 0.157. The minimum Gasteiger partial charge on any atom is -0.493 e. The molecule has 0 atom stereocenters. The molecular weight excluding hydrogens is 294 g/mol. The fourth-order valence-electron chi connectivity index (χ4n) is 2.42. The summed E-state index contributed by atoms with van der Waals surface area (Å²) in [6, 6.07) is 3.45. The number of rotatable bonds is 3. The van der Waals surface area contributed by atoms with Gasteiger partial charge in [-0.15, -0.1) is 12.4 Å². The highest BCUT2D eigenvalue weighted by Gasteiger charge is 2.17. The van der Waals surface area contributed by atoms with Gasteiger partial charge in [0.2, 0.25) is 0 Å². The van der Waals surface area contributed by atoms with Gasteiger partial charge in [-0.05, 0) is 32.0 Å². The van der Waals surface area contributed by atoms with E-state index in [-0.39, 0.29) is 24.1 Å². The molecule has 114 valence electrons. The Morgan fingerprint density at radius 2 is 2.00 bits per heavy atom. The topological polar surface area (TPSA) is 76.2 Å². The van der Waals surface area contributed by atoms with E-state index in [1.54, 1.807) is 19.2 Å². The quantitative estimate of drug-likeness (QED) is 0.898. The number of nitrogens with zero attached hydrogens (tertiary/aromatic N) is 1. The van der Waals surface area contributed by atoms with Crippen LogP contribution in [0.1, 0.15) is 12.8 Å². The summed E-state index contributed by atoms with van der Waals surface area (Å²) >= 11 is 0. The van der Waals surface area contributed by atoms with Crippen molar-refractivity contribution in [1.29, 1.82) is 0 Å². The summed E-state index contributed by atoms with van der Waals surface area (Å²) < 4.78 is 11.3. The zero-order valence-electron chi connectivity index (χ0n) is 11.7. The standard InChI is InChI=1S/C14H17N3O3.ClH/c1-19-12-6-10-11(16-8-17-14(10)18)7-13(12)20-9-2-4-15-5-3-9;/h6-9,15H,2-5H2,1H3,(H,16,17,18);1H. The zero-order valence-corrected chi connectivity index (χ0v) is 12.5. The summed E-state index contributed by atoms with van der Waals surface area (Å²) in [5, 5.41) is 3.80. The Bertz CT molecular complexity index is 668. The van der Waals surface area contributed by atoms with Crippen LogP contribution in [-0.4, -0.2) is 36.3 Å². The lowest BCUT2D eigenvalue weighted by Gasteiger charge is -2.24. The van der Waals surface area contributed by atoms with Crippen molar-refractivity contribution in [3.8, 4) is 11.5 Å². The van der Waals surface area contributed by atoms with Crippen LogP contribution in [0, 0.1) is 0 Å². The van der Waals surface area contributed by atoms with Gasteiger partial charge in [-0.1, -0.05) is 0 Å². The molecule has 0 bridgehead atoms. The first-order chi connectivity index (χ1) is 9.78. The van der Waals surface area contributed by atoms with Crippen molar-refractivity contribution in [1.82, 2.24) is 15.3 Å². The normalized spacial score (nSPS) is 15.5. The number of aromatic amines is 1. The minimum absolute atomic E-state index is 0. The van der Waals surface area contributed by atoms with Crippen molar-refractivity contribution in [2.45, 2.75) is 18.9 Å². The molecule has 2 aromatic rings. The Balaban J connectivity index is 0.00000161. The lowest BCUT2D eigenvalue weighted by Crippen LogP contribution is -2.34. The Labute approximate surface area is 128 Å². The zero-order chi connectivity index (χ0) is 13.9. The lowest BCUT2D eigenvalue weighted by atomic mass is 10.1. The third-order valence-electron chi connectivity index (χ3n) is 3.51. The largest absolute Gasteiger partial charge is 0.493 e. The average Bonchev–Trinajstić information content (AvgIpc) is 2.48. The fraction of sp³-hybridized carbons (Fsp3) is 0.429. The molecule has 1 aromatic carbocycles. The molecule has 21 heavy (non-hydrogen) atoms. The number of hydrogen-bond donors (Lipinski definition) is 2. The number of halogens is 1. The van der Waals surface area contributed by atoms with Crippen molar-refractivity contribution in [2.24, 2.45) is 0 Å². The predicted octanol–water partition coefficient (Wildman–Crippen LogP) is 1.48. The van der Waals surface area contributed by atoms with Gasteiger partial charge in [0, 0.05) is 6.07 Å². The maximum Gasteiger partial charge on any atom is 0.258 e. The number of nitrogens with one attached hydrogen (secondary N) is 2. The van der Waals surface area contributed by atoms with E-state index in [0.29, 0.717) is 22.4 Å². The van der Waals surface area contributed by atoms with E-state index in [1.807, 2.05) is 0 Å². The molecule has 0 saturated carbocycles. The van der Waals surface area contributed by atoms with E-state index in [0.717, 1.165) is 25.9 Å². The Kier molecular flexibility index (Phi) is 5.03. The van der Waals surface area contributed by atoms with Crippen LogP contribution in [0.5, 0.6) is 11.5 Å². The monoisotopic (exact) mass is 311 g/mol. The molecule has 0 radical (unpaired) electrons. The van der Waals surface area contributed by atoms with E-state index < -0.39 is 0 Å². The van der Waals surface area contributed by atoms with Gasteiger partial charge in [0.15, 0.2) is 11.5 Å². The molecule has 1 aliphatic heterocycles. The first-order valence-corrected chi connectivity index (χ1v) is 6.71. The number of fused-ring (bicyclic) bond motifs is 1. The molecule has 0 aliphatic carbocycles. The second-order valence-corrected chi connectivity index (χ2v) is 4.82. The molecule has 0 amide bonds. The number of H-pyrrole nitrogens is 1. The van der Waals surface area contributed by atoms with E-state index in [2.05, 4.69) is 15.3 Å². The minimum atomic E-state index is -0.179. The van der Waals surface area contributed by atoms with Crippen LogP contribution in [0.3, 0.4) is 0 Å². The Morgan fingerprint density at radius 3 is 2.71 bits per heavy atom. The molecule has 1 aliphatic rings. The smallest absolute Gasteiger partial charge is 0.258 e. The molecule has 1 saturated heterocycles. The molecule has 1 aromatic heterocycles. The van der Waals surface area contributed by atoms with Gasteiger partial charge in [-0.2, -0.15) is 0 Å². The fourth-order valence-corrected chi connectivity index (χ4v) is 2.42. The highest BCUT2D eigenvalue weighted by molar-refractivity contribution is 5.85. The molecule has 0 spiro atoms. The summed E-state index contributed by atoms with van der Waals surface area (Å²) in [6.45, 7) is 1.91. The van der Waals surface area contributed by atoms with Gasteiger partial charge in [0.25, 0.3) is 5.56 Å². The van der Waals surface area contributed by atoms with Crippen LogP contribution < -0.4 is 20.3 Å². The summed E-state index contributed by atoms with van der Waals surface area (Å²) in [4.78, 5) is 18.5. The van der Waals surface area contributed by atoms with Gasteiger partial charge in [-0.3, -0.25) is 4.79 Å². The van der Waals surface area contributed by atoms with Gasteiger partial charge in [0.05, 0.1) is 24.3 Å². The molecule has 1 fully saturated rings. The first kappa shape index (κ1) is 15.6. The highest BCUT2D eigenvalue weighted by atomic mass is 35.5. The highest BCUT2D eigenvalue weighted by Crippen LogP contribution is 2.32. The van der Waals surface area contributed by atoms with E-state index >= 15 is 0 Å². The first-order valence-electron chi connectivity index (χ1n) is 6.71. The van der Waals surface area contributed by atoms with Crippen LogP contribution in [-0.2, 0) is 0 Å². The van der Waals surface area contributed by atoms with Gasteiger partial charge in [-0.25, -0.2) is 4.98 Å². The second-order valence-electron chi connectivity index (χ2n) is 4.82. The van der Waals surface area contributed by atoms with Crippen molar-refractivity contribution in [3.05, 3.63) is 28.8 Å². The van der Waals surface area contributed by atoms with Gasteiger partial charge in [0.1, 0.15) is 6.10 Å². The second kappa shape index (κ2) is 6.78. The maximum atomic E-state index is 11.7. The third kappa shape index (κ3) is 3.28. The molecule has 3 rings (SSSR count). The molecule has 2 heterocycles. The number of piperidine rings is 1. The summed E-state index contributed by atoms with van der Waals surface area (Å²) in [5.41, 5.74) is 0.431. The van der Waals surface area contributed by atoms with Crippen molar-refractivity contribution in [3.63, 3.8) is 0 Å². The van der Waals surface area contributed by atoms with E-state index in [9.17, 15) is 4.79 Å². The molecule has 6 nitrogen and oxygen atoms in total. The summed E-state index contributed by atoms with van der Waals surface area (Å²) in [7, 11) is 1.57. The van der Waals surface area contributed by atoms with E-state index in [4.69, 9.17) is 9.47 Å². The van der Waals surface area contributed by atoms with Crippen LogP contribution in [0.4, 0.5) is 0 Å². The Morgan fingerprint density at radius 1 is 1.24 bits per heavy atom. The Hall–Kier alpha value is -1.79. The van der Waals surface area contributed by atoms with Crippen LogP contribution in [0.15, 0.2) is 23.3 Å². The maximum absolute atomic E-state index is 11.7. The number of methoxy groups -OCH3 is 1. The number of benzene rings is 1. The van der Waals surface area contributed by atoms with Crippen LogP contribution in [0.2, 0.25) is 0 Å². The van der Waals surface area contributed by atoms with Crippen LogP contribution >= 0.6 is 12.4 Å². The molecule has 0 unspecified atom stereocenters. The summed E-state index contributed by atoms with van der Waals surface area (Å²) in [5.74, 6) is 1.21. The van der Waals surface area contributed by atoms with Crippen molar-refractivity contribution >= 4 is 23.3 Å². The summed E-state index contributed by atoms with van der Waals surface area (Å²) in [6.07, 6.45) is 3.49. The van der Waals surface area contributed by atoms with Crippen LogP contribution in [0.25, 0.3) is 10.9 Å². The van der Waals surface area contributed by atoms with Gasteiger partial charge >= 0.3 is 0 Å². The molecular formula is C14H18ClN3O3. The van der Waals surface area contributed by atoms with Crippen molar-refractivity contribution in [2.75, 3.05) is 20.2 Å². The molecule has 7 heteroatoms. The molecule has 2 N–H and O–H groups in total. The predicted molar refractivity (Wildman–Crippen MR) is 82.7 cm³/mol. The third-order valence-corrected chi connectivity index (χ3v) is 3.51. The SMILES string of the molecule is COc1cc2c(=O)[nH]cnc2cc1OC1CCNCC1.Cl. The van der Waals surface area contributed by atoms with E-state index in [1.165, 1.54) is 6.33 Å². The number of hydrogen-bond acceptors (Lipinski definition) is 5. The van der Waals surface area contributed by atoms with Gasteiger partial charge < -0.3 is 19.8 Å².